The molecule has 0 saturated heterocycles. The summed E-state index contributed by atoms with van der Waals surface area (Å²) in [6.45, 7) is 1.96. The van der Waals surface area contributed by atoms with Crippen molar-refractivity contribution >= 4 is 23.7 Å². The van der Waals surface area contributed by atoms with Gasteiger partial charge in [0, 0.05) is 6.42 Å². The molecule has 172 valence electrons. The van der Waals surface area contributed by atoms with E-state index in [9.17, 15) is 19.2 Å². The predicted molar refractivity (Wildman–Crippen MR) is 116 cm³/mol. The number of likely N-dealkylation sites (N-methyl/N-ethyl adjacent to an activating group) is 1. The standard InChI is InChI=1S/C21H33N5O5/c1-3-31-19(28)14-24-20(29)16(10-7-11-22)26-21(30)17(25-18(27)13-23-2)12-15-8-5-4-6-9-15/h4-6,8-9,16-17,23H,3,7,10-14,22H2,1-2H3,(H,24,29)(H,25,27)(H,26,30)/t16-,17-/m0/s1. The molecule has 0 heterocycles. The SMILES string of the molecule is CCOC(=O)CNC(=O)[C@H](CCCN)NC(=O)[C@H](Cc1ccccc1)NC(=O)CNC. The molecular formula is C21H33N5O5. The normalized spacial score (nSPS) is 12.4. The van der Waals surface area contributed by atoms with Crippen LogP contribution >= 0.6 is 0 Å². The number of hydrogen-bond acceptors (Lipinski definition) is 7. The van der Waals surface area contributed by atoms with Crippen LogP contribution in [-0.4, -0.2) is 69.1 Å². The van der Waals surface area contributed by atoms with Gasteiger partial charge in [0.25, 0.3) is 0 Å². The second kappa shape index (κ2) is 14.9. The number of nitrogens with one attached hydrogen (secondary N) is 4. The van der Waals surface area contributed by atoms with Gasteiger partial charge in [-0.1, -0.05) is 30.3 Å². The Bertz CT molecular complexity index is 713. The lowest BCUT2D eigenvalue weighted by atomic mass is 10.0. The molecule has 0 aliphatic rings. The Labute approximate surface area is 182 Å². The fourth-order valence-electron chi connectivity index (χ4n) is 2.82. The van der Waals surface area contributed by atoms with Gasteiger partial charge < -0.3 is 31.7 Å². The smallest absolute Gasteiger partial charge is 0.325 e. The highest BCUT2D eigenvalue weighted by Crippen LogP contribution is 2.05. The van der Waals surface area contributed by atoms with Gasteiger partial charge in [0.05, 0.1) is 13.2 Å². The first-order chi connectivity index (χ1) is 14.9. The molecule has 0 radical (unpaired) electrons. The molecule has 0 spiro atoms. The number of benzene rings is 1. The summed E-state index contributed by atoms with van der Waals surface area (Å²) in [7, 11) is 1.63. The van der Waals surface area contributed by atoms with Crippen molar-refractivity contribution in [1.29, 1.82) is 0 Å². The summed E-state index contributed by atoms with van der Waals surface area (Å²) in [6.07, 6.45) is 1.04. The van der Waals surface area contributed by atoms with E-state index >= 15 is 0 Å². The third-order valence-electron chi connectivity index (χ3n) is 4.31. The summed E-state index contributed by atoms with van der Waals surface area (Å²) < 4.78 is 4.79. The number of carbonyl (C=O) groups excluding carboxylic acids is 4. The molecule has 0 fully saturated rings. The number of rotatable bonds is 14. The lowest BCUT2D eigenvalue weighted by Gasteiger charge is -2.23. The largest absolute Gasteiger partial charge is 0.465 e. The first-order valence-electron chi connectivity index (χ1n) is 10.3. The molecule has 10 heteroatoms. The Morgan fingerprint density at radius 1 is 1.00 bits per heavy atom. The second-order valence-corrected chi connectivity index (χ2v) is 6.86. The summed E-state index contributed by atoms with van der Waals surface area (Å²) in [5.74, 6) is -1.93. The van der Waals surface area contributed by atoms with Gasteiger partial charge in [-0.25, -0.2) is 0 Å². The van der Waals surface area contributed by atoms with Gasteiger partial charge in [0.2, 0.25) is 17.7 Å². The van der Waals surface area contributed by atoms with E-state index in [4.69, 9.17) is 10.5 Å². The summed E-state index contributed by atoms with van der Waals surface area (Å²) in [5.41, 5.74) is 6.41. The zero-order valence-electron chi connectivity index (χ0n) is 18.1. The van der Waals surface area contributed by atoms with Crippen LogP contribution in [0.3, 0.4) is 0 Å². The summed E-state index contributed by atoms with van der Waals surface area (Å²) in [4.78, 5) is 49.1. The molecule has 0 saturated carbocycles. The quantitative estimate of drug-likeness (QED) is 0.231. The second-order valence-electron chi connectivity index (χ2n) is 6.86. The van der Waals surface area contributed by atoms with Crippen molar-refractivity contribution in [2.75, 3.05) is 33.3 Å². The van der Waals surface area contributed by atoms with Crippen LogP contribution in [0.2, 0.25) is 0 Å². The summed E-state index contributed by atoms with van der Waals surface area (Å²) in [5, 5.41) is 10.6. The minimum Gasteiger partial charge on any atom is -0.465 e. The van der Waals surface area contributed by atoms with E-state index < -0.39 is 29.9 Å². The average Bonchev–Trinajstić information content (AvgIpc) is 2.75. The van der Waals surface area contributed by atoms with Crippen molar-refractivity contribution in [2.45, 2.75) is 38.3 Å². The highest BCUT2D eigenvalue weighted by atomic mass is 16.5. The topological polar surface area (TPSA) is 152 Å². The van der Waals surface area contributed by atoms with Crippen molar-refractivity contribution in [1.82, 2.24) is 21.3 Å². The van der Waals surface area contributed by atoms with Gasteiger partial charge in [0.15, 0.2) is 0 Å². The Morgan fingerprint density at radius 2 is 1.71 bits per heavy atom. The van der Waals surface area contributed by atoms with Gasteiger partial charge in [-0.15, -0.1) is 0 Å². The molecule has 1 rings (SSSR count). The molecule has 1 aromatic carbocycles. The summed E-state index contributed by atoms with van der Waals surface area (Å²) in [6, 6.07) is 7.46. The number of carbonyl (C=O) groups is 4. The number of amides is 3. The molecular weight excluding hydrogens is 402 g/mol. The van der Waals surface area contributed by atoms with Crippen molar-refractivity contribution < 1.29 is 23.9 Å². The van der Waals surface area contributed by atoms with E-state index in [1.165, 1.54) is 0 Å². The fourth-order valence-corrected chi connectivity index (χ4v) is 2.82. The van der Waals surface area contributed by atoms with Gasteiger partial charge in [-0.05, 0) is 38.9 Å². The number of nitrogens with two attached hydrogens (primary N) is 1. The monoisotopic (exact) mass is 435 g/mol. The molecule has 0 bridgehead atoms. The molecule has 3 amide bonds. The van der Waals surface area contributed by atoms with Crippen molar-refractivity contribution in [3.05, 3.63) is 35.9 Å². The van der Waals surface area contributed by atoms with Gasteiger partial charge in [-0.2, -0.15) is 0 Å². The van der Waals surface area contributed by atoms with Crippen LogP contribution in [0, 0.1) is 0 Å². The highest BCUT2D eigenvalue weighted by molar-refractivity contribution is 5.93. The van der Waals surface area contributed by atoms with Gasteiger partial charge in [-0.3, -0.25) is 19.2 Å². The molecule has 2 atom stereocenters. The van der Waals surface area contributed by atoms with Crippen LogP contribution in [0.15, 0.2) is 30.3 Å². The van der Waals surface area contributed by atoms with E-state index in [1.54, 1.807) is 14.0 Å². The van der Waals surface area contributed by atoms with E-state index in [0.717, 1.165) is 5.56 Å². The third-order valence-corrected chi connectivity index (χ3v) is 4.31. The number of ether oxygens (including phenoxy) is 1. The van der Waals surface area contributed by atoms with E-state index in [2.05, 4.69) is 21.3 Å². The maximum absolute atomic E-state index is 13.0. The van der Waals surface area contributed by atoms with Crippen LogP contribution in [0.1, 0.15) is 25.3 Å². The third kappa shape index (κ3) is 10.6. The Hall–Kier alpha value is -2.98. The number of esters is 1. The van der Waals surface area contributed by atoms with Crippen LogP contribution in [0.25, 0.3) is 0 Å². The maximum Gasteiger partial charge on any atom is 0.325 e. The zero-order chi connectivity index (χ0) is 23.1. The first kappa shape index (κ1) is 26.1. The summed E-state index contributed by atoms with van der Waals surface area (Å²) >= 11 is 0. The van der Waals surface area contributed by atoms with Crippen molar-refractivity contribution in [3.8, 4) is 0 Å². The van der Waals surface area contributed by atoms with Crippen LogP contribution in [0.5, 0.6) is 0 Å². The Balaban J connectivity index is 2.87. The molecule has 0 aliphatic heterocycles. The lowest BCUT2D eigenvalue weighted by molar-refractivity contribution is -0.143. The molecule has 31 heavy (non-hydrogen) atoms. The Morgan fingerprint density at radius 3 is 2.32 bits per heavy atom. The maximum atomic E-state index is 13.0. The minimum atomic E-state index is -0.898. The van der Waals surface area contributed by atoms with Crippen LogP contribution < -0.4 is 27.0 Å². The van der Waals surface area contributed by atoms with Crippen molar-refractivity contribution in [3.63, 3.8) is 0 Å². The van der Waals surface area contributed by atoms with Crippen molar-refractivity contribution in [2.24, 2.45) is 5.73 Å². The first-order valence-corrected chi connectivity index (χ1v) is 10.3. The number of hydrogen-bond donors (Lipinski definition) is 5. The lowest BCUT2D eigenvalue weighted by Crippen LogP contribution is -2.55. The molecule has 0 aliphatic carbocycles. The molecule has 10 nitrogen and oxygen atoms in total. The zero-order valence-corrected chi connectivity index (χ0v) is 18.1. The minimum absolute atomic E-state index is 0.0508. The van der Waals surface area contributed by atoms with E-state index in [1.807, 2.05) is 30.3 Å². The molecule has 6 N–H and O–H groups in total. The van der Waals surface area contributed by atoms with Gasteiger partial charge >= 0.3 is 5.97 Å². The predicted octanol–water partition coefficient (Wildman–Crippen LogP) is -1.16. The molecule has 0 aromatic heterocycles. The van der Waals surface area contributed by atoms with Gasteiger partial charge in [0.1, 0.15) is 18.6 Å². The highest BCUT2D eigenvalue weighted by Gasteiger charge is 2.27. The Kier molecular flexibility index (Phi) is 12.5. The van der Waals surface area contributed by atoms with Crippen LogP contribution in [-0.2, 0) is 30.3 Å². The van der Waals surface area contributed by atoms with Crippen LogP contribution in [0.4, 0.5) is 0 Å². The average molecular weight is 436 g/mol. The van der Waals surface area contributed by atoms with E-state index in [0.29, 0.717) is 19.4 Å². The molecule has 1 aromatic rings. The van der Waals surface area contributed by atoms with E-state index in [-0.39, 0.29) is 32.0 Å². The molecule has 0 unspecified atom stereocenters. The fraction of sp³-hybridized carbons (Fsp3) is 0.524.